The number of aliphatic imine (C=N–C) groups is 1. The summed E-state index contributed by atoms with van der Waals surface area (Å²) < 4.78 is 79.4. The van der Waals surface area contributed by atoms with Gasteiger partial charge in [0.25, 0.3) is 5.24 Å². The third-order valence-corrected chi connectivity index (χ3v) is 7.85. The fraction of sp³-hybridized carbons (Fsp3) is 0.560. The summed E-state index contributed by atoms with van der Waals surface area (Å²) in [6.45, 7) is 0.643. The Labute approximate surface area is 225 Å². The van der Waals surface area contributed by atoms with E-state index in [1.54, 1.807) is 19.0 Å². The molecule has 2 amide bonds. The van der Waals surface area contributed by atoms with Gasteiger partial charge >= 0.3 is 12.4 Å². The Bertz CT molecular complexity index is 1190. The zero-order chi connectivity index (χ0) is 28.8. The van der Waals surface area contributed by atoms with Crippen LogP contribution in [-0.4, -0.2) is 70.7 Å². The summed E-state index contributed by atoms with van der Waals surface area (Å²) in [6.07, 6.45) is -6.05. The molecule has 2 N–H and O–H groups in total. The van der Waals surface area contributed by atoms with E-state index < -0.39 is 35.1 Å². The lowest BCUT2D eigenvalue weighted by Gasteiger charge is -2.31. The van der Waals surface area contributed by atoms with Gasteiger partial charge < -0.3 is 15.3 Å². The number of hydrogen-bond acceptors (Lipinski definition) is 6. The molecular weight excluding hydrogens is 550 g/mol. The van der Waals surface area contributed by atoms with E-state index in [2.05, 4.69) is 10.3 Å². The van der Waals surface area contributed by atoms with Crippen LogP contribution in [0.1, 0.15) is 42.4 Å². The van der Waals surface area contributed by atoms with Crippen molar-refractivity contribution < 1.29 is 41.0 Å². The molecule has 1 aliphatic carbocycles. The minimum atomic E-state index is -4.92. The van der Waals surface area contributed by atoms with Crippen LogP contribution < -0.4 is 5.32 Å². The minimum Gasteiger partial charge on any atom is -0.387 e. The number of amidine groups is 1. The van der Waals surface area contributed by atoms with Crippen molar-refractivity contribution in [2.75, 3.05) is 27.2 Å². The van der Waals surface area contributed by atoms with E-state index in [1.165, 1.54) is 4.90 Å². The number of likely N-dealkylation sites (N-methyl/N-ethyl adjacent to an activating group) is 1. The molecule has 39 heavy (non-hydrogen) atoms. The number of benzene rings is 1. The number of nitrogens with one attached hydrogen (secondary N) is 1. The van der Waals surface area contributed by atoms with Crippen LogP contribution in [-0.2, 0) is 23.7 Å². The standard InChI is InChI=1S/C25H28F6N4O3S/c1-34(2)21(36)19(23(38)7-8-23)32-20-18(39-22(37)33-20)11-14-5-9-35(10-6-14)13-15-3-4-16(24(26,27)28)12-17(15)25(29,30)31/h3-4,11-12,14,19,38H,5-10,13H2,1-2H3,(H,32,33,37)/b18-11-/t19-/m1/s1. The molecule has 7 nitrogen and oxygen atoms in total. The van der Waals surface area contributed by atoms with Crippen LogP contribution in [0.3, 0.4) is 0 Å². The van der Waals surface area contributed by atoms with Gasteiger partial charge in [-0.2, -0.15) is 26.3 Å². The maximum Gasteiger partial charge on any atom is 0.416 e. The predicted octanol–water partition coefficient (Wildman–Crippen LogP) is 4.66. The summed E-state index contributed by atoms with van der Waals surface area (Å²) in [5.74, 6) is -0.223. The smallest absolute Gasteiger partial charge is 0.387 e. The molecule has 2 saturated heterocycles. The van der Waals surface area contributed by atoms with Crippen molar-refractivity contribution in [1.82, 2.24) is 15.1 Å². The first kappa shape index (κ1) is 29.4. The van der Waals surface area contributed by atoms with Crippen molar-refractivity contribution >= 4 is 28.7 Å². The molecule has 14 heteroatoms. The van der Waals surface area contributed by atoms with E-state index in [0.717, 1.165) is 17.8 Å². The zero-order valence-corrected chi connectivity index (χ0v) is 22.0. The Morgan fingerprint density at radius 3 is 2.38 bits per heavy atom. The summed E-state index contributed by atoms with van der Waals surface area (Å²) in [7, 11) is 3.10. The molecule has 2 aliphatic heterocycles. The fourth-order valence-electron chi connectivity index (χ4n) is 4.61. The van der Waals surface area contributed by atoms with E-state index >= 15 is 0 Å². The van der Waals surface area contributed by atoms with Crippen LogP contribution in [0.4, 0.5) is 31.1 Å². The summed E-state index contributed by atoms with van der Waals surface area (Å²) in [6, 6.07) is 0.643. The van der Waals surface area contributed by atoms with Gasteiger partial charge in [-0.25, -0.2) is 0 Å². The van der Waals surface area contributed by atoms with Crippen molar-refractivity contribution in [3.8, 4) is 0 Å². The first-order chi connectivity index (χ1) is 18.1. The molecule has 2 heterocycles. The number of halogens is 6. The van der Waals surface area contributed by atoms with Gasteiger partial charge in [-0.05, 0) is 74.1 Å². The number of thioether (sulfide) groups is 1. The van der Waals surface area contributed by atoms with Crippen LogP contribution in [0.2, 0.25) is 0 Å². The number of amides is 2. The van der Waals surface area contributed by atoms with E-state index in [4.69, 9.17) is 0 Å². The minimum absolute atomic E-state index is 0.0386. The van der Waals surface area contributed by atoms with Crippen LogP contribution in [0.15, 0.2) is 34.2 Å². The van der Waals surface area contributed by atoms with Gasteiger partial charge in [-0.1, -0.05) is 12.1 Å². The van der Waals surface area contributed by atoms with Crippen LogP contribution in [0, 0.1) is 5.92 Å². The number of alkyl halides is 6. The molecule has 0 unspecified atom stereocenters. The van der Waals surface area contributed by atoms with Crippen LogP contribution in [0.25, 0.3) is 0 Å². The second-order valence-electron chi connectivity index (χ2n) is 10.2. The highest BCUT2D eigenvalue weighted by Crippen LogP contribution is 2.42. The second kappa shape index (κ2) is 10.8. The Morgan fingerprint density at radius 1 is 1.21 bits per heavy atom. The van der Waals surface area contributed by atoms with Crippen molar-refractivity contribution in [2.24, 2.45) is 10.9 Å². The molecule has 1 aromatic rings. The Balaban J connectivity index is 1.45. The number of likely N-dealkylation sites (tertiary alicyclic amines) is 1. The maximum atomic E-state index is 13.5. The van der Waals surface area contributed by atoms with Crippen LogP contribution >= 0.6 is 11.8 Å². The number of nitrogens with zero attached hydrogens (tertiary/aromatic N) is 3. The van der Waals surface area contributed by atoms with Crippen molar-refractivity contribution in [3.63, 3.8) is 0 Å². The summed E-state index contributed by atoms with van der Waals surface area (Å²) in [5.41, 5.74) is -4.12. The number of carbonyl (C=O) groups is 2. The van der Waals surface area contributed by atoms with E-state index in [9.17, 15) is 41.0 Å². The maximum absolute atomic E-state index is 13.5. The van der Waals surface area contributed by atoms with Crippen molar-refractivity contribution in [2.45, 2.75) is 56.2 Å². The van der Waals surface area contributed by atoms with Gasteiger partial charge in [0.05, 0.1) is 21.6 Å². The van der Waals surface area contributed by atoms with E-state index in [1.807, 2.05) is 6.08 Å². The molecule has 214 valence electrons. The molecule has 3 fully saturated rings. The highest BCUT2D eigenvalue weighted by Gasteiger charge is 2.52. The van der Waals surface area contributed by atoms with E-state index in [0.29, 0.717) is 49.7 Å². The largest absolute Gasteiger partial charge is 0.416 e. The van der Waals surface area contributed by atoms with Crippen LogP contribution in [0.5, 0.6) is 0 Å². The fourth-order valence-corrected chi connectivity index (χ4v) is 5.42. The lowest BCUT2D eigenvalue weighted by atomic mass is 9.95. The average molecular weight is 579 g/mol. The monoisotopic (exact) mass is 578 g/mol. The Hall–Kier alpha value is -2.58. The summed E-state index contributed by atoms with van der Waals surface area (Å²) >= 11 is 0.915. The molecule has 0 aromatic heterocycles. The molecular formula is C25H28F6N4O3S. The highest BCUT2D eigenvalue weighted by atomic mass is 32.2. The first-order valence-corrected chi connectivity index (χ1v) is 13.1. The molecule has 4 rings (SSSR count). The Morgan fingerprint density at radius 2 is 1.85 bits per heavy atom. The number of hydrogen-bond donors (Lipinski definition) is 2. The van der Waals surface area contributed by atoms with E-state index in [-0.39, 0.29) is 41.1 Å². The molecule has 1 saturated carbocycles. The van der Waals surface area contributed by atoms with Crippen molar-refractivity contribution in [1.29, 1.82) is 0 Å². The summed E-state index contributed by atoms with van der Waals surface area (Å²) in [4.78, 5) is 32.7. The normalized spacial score (nSPS) is 23.3. The summed E-state index contributed by atoms with van der Waals surface area (Å²) in [5, 5.41) is 12.8. The van der Waals surface area contributed by atoms with Gasteiger partial charge in [0.1, 0.15) is 5.84 Å². The SMILES string of the molecule is CN(C)C(=O)[C@@H](N=C1NC(=O)S/C1=C\C1CCN(Cc2ccc(C(F)(F)F)cc2C(F)(F)F)CC1)C1(O)CC1. The zero-order valence-electron chi connectivity index (χ0n) is 21.2. The predicted molar refractivity (Wildman–Crippen MR) is 133 cm³/mol. The highest BCUT2D eigenvalue weighted by molar-refractivity contribution is 8.18. The average Bonchev–Trinajstić information content (AvgIpc) is 3.49. The van der Waals surface area contributed by atoms with Gasteiger partial charge in [-0.15, -0.1) is 0 Å². The topological polar surface area (TPSA) is 85.2 Å². The lowest BCUT2D eigenvalue weighted by molar-refractivity contribution is -0.143. The molecule has 1 atom stereocenters. The number of carbonyl (C=O) groups excluding carboxylic acids is 2. The molecule has 0 bridgehead atoms. The van der Waals surface area contributed by atoms with Gasteiger partial charge in [0.2, 0.25) is 5.91 Å². The molecule has 0 spiro atoms. The van der Waals surface area contributed by atoms with Gasteiger partial charge in [0.15, 0.2) is 6.04 Å². The number of rotatable bonds is 6. The third kappa shape index (κ3) is 6.95. The quantitative estimate of drug-likeness (QED) is 0.480. The number of allylic oxidation sites excluding steroid dienone is 1. The number of aliphatic hydroxyl groups is 1. The van der Waals surface area contributed by atoms with Gasteiger partial charge in [-0.3, -0.25) is 19.5 Å². The second-order valence-corrected chi connectivity index (χ2v) is 11.3. The molecule has 3 aliphatic rings. The molecule has 0 radical (unpaired) electrons. The first-order valence-electron chi connectivity index (χ1n) is 12.3. The van der Waals surface area contributed by atoms with Gasteiger partial charge in [0, 0.05) is 20.6 Å². The van der Waals surface area contributed by atoms with Crippen molar-refractivity contribution in [3.05, 3.63) is 45.9 Å². The Kier molecular flexibility index (Phi) is 8.12. The third-order valence-electron chi connectivity index (χ3n) is 7.02. The molecule has 1 aromatic carbocycles. The number of piperidine rings is 1. The lowest BCUT2D eigenvalue weighted by Crippen LogP contribution is -2.43.